The van der Waals surface area contributed by atoms with Gasteiger partial charge in [0.25, 0.3) is 0 Å². The number of sulfonamides is 1. The van der Waals surface area contributed by atoms with E-state index >= 15 is 0 Å². The fraction of sp³-hybridized carbons (Fsp3) is 0.650. The van der Waals surface area contributed by atoms with Crippen LogP contribution in [0.25, 0.3) is 0 Å². The molecule has 1 aromatic carbocycles. The zero-order chi connectivity index (χ0) is 20.3. The number of carboxylic acid groups (broad SMARTS) is 1. The highest BCUT2D eigenvalue weighted by Crippen LogP contribution is 2.12. The fourth-order valence-electron chi connectivity index (χ4n) is 2.99. The fourth-order valence-corrected chi connectivity index (χ4v) is 3.92. The normalized spacial score (nSPS) is 13.0. The third-order valence-electron chi connectivity index (χ3n) is 4.63. The summed E-state index contributed by atoms with van der Waals surface area (Å²) in [5.41, 5.74) is 1.23. The molecule has 0 saturated carbocycles. The van der Waals surface area contributed by atoms with Crippen molar-refractivity contribution in [1.82, 2.24) is 4.31 Å². The number of aromatic carboxylic acids is 1. The maximum Gasteiger partial charge on any atom is 0.335 e. The first-order chi connectivity index (χ1) is 12.7. The van der Waals surface area contributed by atoms with Crippen molar-refractivity contribution in [1.29, 1.82) is 0 Å². The summed E-state index contributed by atoms with van der Waals surface area (Å²) in [6.07, 6.45) is 7.49. The van der Waals surface area contributed by atoms with E-state index in [1.807, 2.05) is 0 Å². The Labute approximate surface area is 163 Å². The van der Waals surface area contributed by atoms with Crippen LogP contribution in [0, 0.1) is 0 Å². The smallest absolute Gasteiger partial charge is 0.335 e. The van der Waals surface area contributed by atoms with Gasteiger partial charge in [-0.2, -0.15) is 0 Å². The molecule has 0 bridgehead atoms. The predicted molar refractivity (Wildman–Crippen MR) is 108 cm³/mol. The van der Waals surface area contributed by atoms with Gasteiger partial charge in [-0.15, -0.1) is 0 Å². The van der Waals surface area contributed by atoms with Crippen LogP contribution in [0.3, 0.4) is 0 Å². The van der Waals surface area contributed by atoms with E-state index in [1.54, 1.807) is 24.3 Å². The molecule has 0 aliphatic heterocycles. The number of nitrogens with zero attached hydrogens (tertiary/aromatic N) is 1. The van der Waals surface area contributed by atoms with Crippen molar-refractivity contribution >= 4 is 16.0 Å². The van der Waals surface area contributed by atoms with Crippen molar-refractivity contribution < 1.29 is 23.4 Å². The van der Waals surface area contributed by atoms with Gasteiger partial charge in [0.15, 0.2) is 0 Å². The molecule has 2 N–H and O–H groups in total. The molecule has 154 valence electrons. The van der Waals surface area contributed by atoms with Crippen LogP contribution in [0.5, 0.6) is 0 Å². The van der Waals surface area contributed by atoms with Crippen molar-refractivity contribution in [2.75, 3.05) is 19.3 Å². The van der Waals surface area contributed by atoms with E-state index in [1.165, 1.54) is 10.6 Å². The number of hydrogen-bond acceptors (Lipinski definition) is 4. The van der Waals surface area contributed by atoms with Crippen LogP contribution in [-0.4, -0.2) is 54.4 Å². The molecule has 1 aromatic rings. The Hall–Kier alpha value is -1.44. The molecule has 6 nitrogen and oxygen atoms in total. The molecule has 1 rings (SSSR count). The minimum atomic E-state index is -3.28. The van der Waals surface area contributed by atoms with Crippen molar-refractivity contribution in [3.63, 3.8) is 0 Å². The molecule has 0 aromatic heterocycles. The number of hydrogen-bond donors (Lipinski definition) is 2. The lowest BCUT2D eigenvalue weighted by molar-refractivity contribution is 0.0697. The van der Waals surface area contributed by atoms with Gasteiger partial charge >= 0.3 is 5.97 Å². The molecule has 1 unspecified atom stereocenters. The van der Waals surface area contributed by atoms with E-state index < -0.39 is 16.0 Å². The van der Waals surface area contributed by atoms with Crippen LogP contribution in [0.1, 0.15) is 67.8 Å². The molecule has 0 spiro atoms. The maximum atomic E-state index is 12.0. The Balaban J connectivity index is 2.41. The molecule has 0 saturated heterocycles. The first-order valence-electron chi connectivity index (χ1n) is 9.69. The van der Waals surface area contributed by atoms with Crippen molar-refractivity contribution in [2.24, 2.45) is 0 Å². The zero-order valence-corrected chi connectivity index (χ0v) is 17.2. The lowest BCUT2D eigenvalue weighted by Gasteiger charge is -2.20. The average Bonchev–Trinajstić information content (AvgIpc) is 2.60. The summed E-state index contributed by atoms with van der Waals surface area (Å²) in [6.45, 7) is 2.96. The topological polar surface area (TPSA) is 94.9 Å². The Kier molecular flexibility index (Phi) is 10.6. The predicted octanol–water partition coefficient (Wildman–Crippen LogP) is 3.30. The highest BCUT2D eigenvalue weighted by Gasteiger charge is 2.16. The highest BCUT2D eigenvalue weighted by molar-refractivity contribution is 7.88. The van der Waals surface area contributed by atoms with Crippen molar-refractivity contribution in [3.05, 3.63) is 35.4 Å². The number of rotatable bonds is 14. The number of unbranched alkanes of at least 4 members (excludes halogenated alkanes) is 2. The molecule has 0 heterocycles. The Morgan fingerprint density at radius 1 is 1.04 bits per heavy atom. The first-order valence-corrected chi connectivity index (χ1v) is 11.5. The second-order valence-corrected chi connectivity index (χ2v) is 9.04. The van der Waals surface area contributed by atoms with E-state index in [0.717, 1.165) is 31.2 Å². The van der Waals surface area contributed by atoms with E-state index in [2.05, 4.69) is 6.92 Å². The number of benzene rings is 1. The largest absolute Gasteiger partial charge is 0.478 e. The number of aryl methyl sites for hydroxylation is 1. The third-order valence-corrected chi connectivity index (χ3v) is 5.93. The van der Waals surface area contributed by atoms with Gasteiger partial charge in [-0.3, -0.25) is 0 Å². The number of aliphatic hydroxyl groups excluding tert-OH is 1. The maximum absolute atomic E-state index is 12.0. The van der Waals surface area contributed by atoms with Crippen LogP contribution in [-0.2, 0) is 16.4 Å². The van der Waals surface area contributed by atoms with Gasteiger partial charge < -0.3 is 10.2 Å². The van der Waals surface area contributed by atoms with Crippen molar-refractivity contribution in [3.8, 4) is 0 Å². The SMILES string of the molecule is CCCCCC(O)CCCN(CCCc1ccc(C(=O)O)cc1)S(C)(=O)=O. The average molecular weight is 400 g/mol. The molecule has 27 heavy (non-hydrogen) atoms. The summed E-state index contributed by atoms with van der Waals surface area (Å²) >= 11 is 0. The second kappa shape index (κ2) is 12.1. The van der Waals surface area contributed by atoms with Crippen LogP contribution < -0.4 is 0 Å². The highest BCUT2D eigenvalue weighted by atomic mass is 32.2. The molecule has 0 fully saturated rings. The number of aliphatic hydroxyl groups is 1. The lowest BCUT2D eigenvalue weighted by Crippen LogP contribution is -2.32. The van der Waals surface area contributed by atoms with Gasteiger partial charge in [0, 0.05) is 13.1 Å². The molecule has 0 aliphatic carbocycles. The molecule has 7 heteroatoms. The summed E-state index contributed by atoms with van der Waals surface area (Å²) in [6, 6.07) is 6.65. The van der Waals surface area contributed by atoms with Crippen molar-refractivity contribution in [2.45, 2.75) is 64.4 Å². The minimum Gasteiger partial charge on any atom is -0.478 e. The van der Waals surface area contributed by atoms with Gasteiger partial charge in [0.1, 0.15) is 0 Å². The van der Waals surface area contributed by atoms with E-state index in [4.69, 9.17) is 5.11 Å². The summed E-state index contributed by atoms with van der Waals surface area (Å²) in [4.78, 5) is 10.9. The van der Waals surface area contributed by atoms with E-state index in [0.29, 0.717) is 38.8 Å². The number of carboxylic acids is 1. The standard InChI is InChI=1S/C20H33NO5S/c1-3-4-5-9-19(22)10-7-16-21(27(2,25)26)15-6-8-17-11-13-18(14-12-17)20(23)24/h11-14,19,22H,3-10,15-16H2,1-2H3,(H,23,24). The quantitative estimate of drug-likeness (QED) is 0.468. The summed E-state index contributed by atoms with van der Waals surface area (Å²) in [7, 11) is -3.28. The van der Waals surface area contributed by atoms with Crippen LogP contribution in [0.2, 0.25) is 0 Å². The van der Waals surface area contributed by atoms with Crippen LogP contribution in [0.15, 0.2) is 24.3 Å². The van der Waals surface area contributed by atoms with Gasteiger partial charge in [0.2, 0.25) is 10.0 Å². The third kappa shape index (κ3) is 9.89. The monoisotopic (exact) mass is 399 g/mol. The summed E-state index contributed by atoms with van der Waals surface area (Å²) in [5, 5.41) is 18.9. The van der Waals surface area contributed by atoms with E-state index in [-0.39, 0.29) is 11.7 Å². The molecule has 1 atom stereocenters. The first kappa shape index (κ1) is 23.6. The molecule has 0 aliphatic rings. The Morgan fingerprint density at radius 2 is 1.63 bits per heavy atom. The second-order valence-electron chi connectivity index (χ2n) is 7.06. The van der Waals surface area contributed by atoms with Crippen LogP contribution >= 0.6 is 0 Å². The zero-order valence-electron chi connectivity index (χ0n) is 16.4. The molecular weight excluding hydrogens is 366 g/mol. The minimum absolute atomic E-state index is 0.244. The van der Waals surface area contributed by atoms with E-state index in [9.17, 15) is 18.3 Å². The lowest BCUT2D eigenvalue weighted by atomic mass is 10.1. The molecule has 0 radical (unpaired) electrons. The van der Waals surface area contributed by atoms with Crippen LogP contribution in [0.4, 0.5) is 0 Å². The number of carbonyl (C=O) groups is 1. The summed E-state index contributed by atoms with van der Waals surface area (Å²) < 4.78 is 25.4. The van der Waals surface area contributed by atoms with Gasteiger partial charge in [-0.25, -0.2) is 17.5 Å². The van der Waals surface area contributed by atoms with Gasteiger partial charge in [-0.1, -0.05) is 38.3 Å². The Bertz CT molecular complexity index is 657. The van der Waals surface area contributed by atoms with Gasteiger partial charge in [-0.05, 0) is 49.8 Å². The Morgan fingerprint density at radius 3 is 2.19 bits per heavy atom. The van der Waals surface area contributed by atoms with Gasteiger partial charge in [0.05, 0.1) is 17.9 Å². The molecule has 0 amide bonds. The summed E-state index contributed by atoms with van der Waals surface area (Å²) in [5.74, 6) is -0.957. The molecular formula is C20H33NO5S.